The minimum Gasteiger partial charge on any atom is -0.376 e. The van der Waals surface area contributed by atoms with Crippen molar-refractivity contribution in [2.24, 2.45) is 12.9 Å². The quantitative estimate of drug-likeness (QED) is 0.514. The number of aryl methyl sites for hydroxylation is 1. The van der Waals surface area contributed by atoms with Crippen molar-refractivity contribution >= 4 is 0 Å². The van der Waals surface area contributed by atoms with Gasteiger partial charge in [-0.05, 0) is 6.07 Å². The van der Waals surface area contributed by atoms with E-state index in [2.05, 4.69) is 10.5 Å². The SMILES string of the molecule is Cn1ccc(C(NN)C2COCCO2)n1. The van der Waals surface area contributed by atoms with E-state index in [1.54, 1.807) is 4.68 Å². The van der Waals surface area contributed by atoms with E-state index < -0.39 is 0 Å². The average molecular weight is 212 g/mol. The van der Waals surface area contributed by atoms with Crippen LogP contribution < -0.4 is 11.3 Å². The van der Waals surface area contributed by atoms with Gasteiger partial charge in [0, 0.05) is 13.2 Å². The number of hydrazine groups is 1. The maximum absolute atomic E-state index is 5.58. The zero-order chi connectivity index (χ0) is 10.7. The van der Waals surface area contributed by atoms with E-state index in [1.807, 2.05) is 19.3 Å². The molecule has 2 rings (SSSR count). The van der Waals surface area contributed by atoms with Crippen molar-refractivity contribution in [2.75, 3.05) is 19.8 Å². The molecule has 84 valence electrons. The third-order valence-corrected chi connectivity index (χ3v) is 2.45. The van der Waals surface area contributed by atoms with E-state index in [0.717, 1.165) is 5.69 Å². The van der Waals surface area contributed by atoms with Gasteiger partial charge in [-0.3, -0.25) is 10.5 Å². The summed E-state index contributed by atoms with van der Waals surface area (Å²) in [6.45, 7) is 1.80. The Morgan fingerprint density at radius 2 is 2.53 bits per heavy atom. The third-order valence-electron chi connectivity index (χ3n) is 2.45. The molecule has 6 nitrogen and oxygen atoms in total. The van der Waals surface area contributed by atoms with Crippen LogP contribution in [0.3, 0.4) is 0 Å². The molecule has 1 aromatic heterocycles. The molecule has 2 heterocycles. The van der Waals surface area contributed by atoms with Crippen LogP contribution in [0.25, 0.3) is 0 Å². The monoisotopic (exact) mass is 212 g/mol. The van der Waals surface area contributed by atoms with E-state index in [1.165, 1.54) is 0 Å². The van der Waals surface area contributed by atoms with E-state index >= 15 is 0 Å². The van der Waals surface area contributed by atoms with E-state index in [4.69, 9.17) is 15.3 Å². The van der Waals surface area contributed by atoms with Gasteiger partial charge in [-0.15, -0.1) is 0 Å². The van der Waals surface area contributed by atoms with Crippen LogP contribution in [0.1, 0.15) is 11.7 Å². The Hall–Kier alpha value is -0.950. The van der Waals surface area contributed by atoms with Gasteiger partial charge >= 0.3 is 0 Å². The Kier molecular flexibility index (Phi) is 3.32. The van der Waals surface area contributed by atoms with Crippen molar-refractivity contribution in [2.45, 2.75) is 12.1 Å². The maximum atomic E-state index is 5.58. The Bertz CT molecular complexity index is 309. The minimum atomic E-state index is -0.119. The Morgan fingerprint density at radius 3 is 3.07 bits per heavy atom. The topological polar surface area (TPSA) is 74.3 Å². The summed E-state index contributed by atoms with van der Waals surface area (Å²) < 4.78 is 12.7. The zero-order valence-corrected chi connectivity index (χ0v) is 8.72. The lowest BCUT2D eigenvalue weighted by molar-refractivity contribution is -0.103. The maximum Gasteiger partial charge on any atom is 0.103 e. The number of nitrogens with two attached hydrogens (primary N) is 1. The van der Waals surface area contributed by atoms with E-state index in [9.17, 15) is 0 Å². The number of aromatic nitrogens is 2. The molecule has 2 unspecified atom stereocenters. The van der Waals surface area contributed by atoms with Gasteiger partial charge in [-0.25, -0.2) is 5.43 Å². The van der Waals surface area contributed by atoms with Crippen molar-refractivity contribution in [3.05, 3.63) is 18.0 Å². The zero-order valence-electron chi connectivity index (χ0n) is 8.72. The smallest absolute Gasteiger partial charge is 0.103 e. The Morgan fingerprint density at radius 1 is 1.67 bits per heavy atom. The number of hydrogen-bond acceptors (Lipinski definition) is 5. The molecule has 1 aliphatic heterocycles. The minimum absolute atomic E-state index is 0.0707. The summed E-state index contributed by atoms with van der Waals surface area (Å²) >= 11 is 0. The summed E-state index contributed by atoms with van der Waals surface area (Å²) in [5.41, 5.74) is 3.59. The van der Waals surface area contributed by atoms with Crippen molar-refractivity contribution in [3.8, 4) is 0 Å². The van der Waals surface area contributed by atoms with Gasteiger partial charge < -0.3 is 9.47 Å². The standard InChI is InChI=1S/C9H16N4O2/c1-13-3-2-7(12-13)9(11-10)8-6-14-4-5-15-8/h2-3,8-9,11H,4-6,10H2,1H3. The van der Waals surface area contributed by atoms with Gasteiger partial charge in [0.2, 0.25) is 0 Å². The molecule has 0 spiro atoms. The summed E-state index contributed by atoms with van der Waals surface area (Å²) in [5, 5.41) is 4.30. The summed E-state index contributed by atoms with van der Waals surface area (Å²) in [5.74, 6) is 5.51. The summed E-state index contributed by atoms with van der Waals surface area (Å²) in [6.07, 6.45) is 1.81. The fourth-order valence-electron chi connectivity index (χ4n) is 1.68. The van der Waals surface area contributed by atoms with Crippen LogP contribution in [0.4, 0.5) is 0 Å². The second kappa shape index (κ2) is 4.71. The molecule has 0 saturated carbocycles. The Labute approximate surface area is 88.3 Å². The molecule has 15 heavy (non-hydrogen) atoms. The molecule has 1 aromatic rings. The molecule has 1 aliphatic rings. The lowest BCUT2D eigenvalue weighted by atomic mass is 10.1. The van der Waals surface area contributed by atoms with Crippen LogP contribution >= 0.6 is 0 Å². The number of nitrogens with one attached hydrogen (secondary N) is 1. The highest BCUT2D eigenvalue weighted by atomic mass is 16.6. The summed E-state index contributed by atoms with van der Waals surface area (Å²) in [4.78, 5) is 0. The highest BCUT2D eigenvalue weighted by Gasteiger charge is 2.27. The van der Waals surface area contributed by atoms with Crippen LogP contribution in [-0.4, -0.2) is 35.7 Å². The van der Waals surface area contributed by atoms with Crippen LogP contribution in [0.5, 0.6) is 0 Å². The molecule has 3 N–H and O–H groups in total. The lowest BCUT2D eigenvalue weighted by Crippen LogP contribution is -2.43. The van der Waals surface area contributed by atoms with E-state index in [-0.39, 0.29) is 12.1 Å². The number of nitrogens with zero attached hydrogens (tertiary/aromatic N) is 2. The van der Waals surface area contributed by atoms with Gasteiger partial charge in [0.1, 0.15) is 6.10 Å². The van der Waals surface area contributed by atoms with Crippen LogP contribution in [0.2, 0.25) is 0 Å². The molecule has 0 aromatic carbocycles. The molecule has 0 aliphatic carbocycles. The predicted molar refractivity (Wildman–Crippen MR) is 53.8 cm³/mol. The first-order valence-electron chi connectivity index (χ1n) is 4.96. The van der Waals surface area contributed by atoms with Crippen LogP contribution in [0, 0.1) is 0 Å². The number of hydrogen-bond donors (Lipinski definition) is 2. The van der Waals surface area contributed by atoms with E-state index in [0.29, 0.717) is 19.8 Å². The summed E-state index contributed by atoms with van der Waals surface area (Å²) in [6, 6.07) is 1.80. The predicted octanol–water partition coefficient (Wildman–Crippen LogP) is -0.660. The molecule has 0 radical (unpaired) electrons. The fourth-order valence-corrected chi connectivity index (χ4v) is 1.68. The van der Waals surface area contributed by atoms with Gasteiger partial charge in [0.05, 0.1) is 31.6 Å². The first-order valence-corrected chi connectivity index (χ1v) is 4.96. The summed E-state index contributed by atoms with van der Waals surface area (Å²) in [7, 11) is 1.87. The lowest BCUT2D eigenvalue weighted by Gasteiger charge is -2.28. The second-order valence-electron chi connectivity index (χ2n) is 3.54. The number of rotatable bonds is 3. The molecular weight excluding hydrogens is 196 g/mol. The normalized spacial score (nSPS) is 24.0. The molecule has 6 heteroatoms. The highest BCUT2D eigenvalue weighted by molar-refractivity contribution is 5.07. The first-order chi connectivity index (χ1) is 7.31. The molecule has 1 saturated heterocycles. The number of ether oxygens (including phenoxy) is 2. The van der Waals surface area contributed by atoms with Gasteiger partial charge in [0.25, 0.3) is 0 Å². The molecule has 2 atom stereocenters. The molecule has 0 amide bonds. The Balaban J connectivity index is 2.08. The van der Waals surface area contributed by atoms with Crippen molar-refractivity contribution in [3.63, 3.8) is 0 Å². The largest absolute Gasteiger partial charge is 0.376 e. The van der Waals surface area contributed by atoms with Crippen molar-refractivity contribution in [1.29, 1.82) is 0 Å². The van der Waals surface area contributed by atoms with Crippen LogP contribution in [-0.2, 0) is 16.5 Å². The van der Waals surface area contributed by atoms with Gasteiger partial charge in [-0.1, -0.05) is 0 Å². The third kappa shape index (κ3) is 2.35. The van der Waals surface area contributed by atoms with Gasteiger partial charge in [-0.2, -0.15) is 5.10 Å². The molecule has 1 fully saturated rings. The fraction of sp³-hybridized carbons (Fsp3) is 0.667. The molecular formula is C9H16N4O2. The average Bonchev–Trinajstić information content (AvgIpc) is 2.68. The molecule has 0 bridgehead atoms. The van der Waals surface area contributed by atoms with Crippen molar-refractivity contribution in [1.82, 2.24) is 15.2 Å². The first kappa shape index (κ1) is 10.6. The highest BCUT2D eigenvalue weighted by Crippen LogP contribution is 2.18. The second-order valence-corrected chi connectivity index (χ2v) is 3.54. The van der Waals surface area contributed by atoms with Crippen molar-refractivity contribution < 1.29 is 9.47 Å². The van der Waals surface area contributed by atoms with Crippen LogP contribution in [0.15, 0.2) is 12.3 Å². The van der Waals surface area contributed by atoms with Gasteiger partial charge in [0.15, 0.2) is 0 Å².